The Labute approximate surface area is 144 Å². The topological polar surface area (TPSA) is 85.5 Å². The highest BCUT2D eigenvalue weighted by atomic mass is 19.4. The fourth-order valence-corrected chi connectivity index (χ4v) is 2.20. The van der Waals surface area contributed by atoms with Gasteiger partial charge in [-0.1, -0.05) is 29.4 Å². The van der Waals surface area contributed by atoms with Crippen molar-refractivity contribution in [3.8, 4) is 28.6 Å². The third-order valence-electron chi connectivity index (χ3n) is 3.33. The minimum Gasteiger partial charge on any atom is -0.481 e. The monoisotopic (exact) mass is 364 g/mol. The van der Waals surface area contributed by atoms with Crippen LogP contribution in [0.15, 0.2) is 53.1 Å². The second kappa shape index (κ2) is 6.87. The Hall–Kier alpha value is -3.36. The SMILES string of the molecule is O=C(O)Cc1ccc(-c2noc(-c3ccc(OC(F)(F)F)cc3)n2)cc1. The number of benzene rings is 2. The van der Waals surface area contributed by atoms with Gasteiger partial charge in [-0.05, 0) is 29.8 Å². The van der Waals surface area contributed by atoms with Gasteiger partial charge in [-0.3, -0.25) is 4.79 Å². The molecule has 1 N–H and O–H groups in total. The molecule has 0 aliphatic carbocycles. The van der Waals surface area contributed by atoms with E-state index in [1.54, 1.807) is 24.3 Å². The van der Waals surface area contributed by atoms with Crippen LogP contribution in [0.25, 0.3) is 22.8 Å². The molecule has 0 unspecified atom stereocenters. The van der Waals surface area contributed by atoms with Crippen molar-refractivity contribution in [1.29, 1.82) is 0 Å². The predicted octanol–water partition coefficient (Wildman–Crippen LogP) is 3.93. The maximum absolute atomic E-state index is 12.2. The van der Waals surface area contributed by atoms with Crippen LogP contribution in [0.2, 0.25) is 0 Å². The van der Waals surface area contributed by atoms with Gasteiger partial charge in [-0.25, -0.2) is 0 Å². The predicted molar refractivity (Wildman–Crippen MR) is 83.2 cm³/mol. The standard InChI is InChI=1S/C17H11F3N2O4/c18-17(19,20)25-13-7-5-12(6-8-13)16-21-15(22-26-16)11-3-1-10(2-4-11)9-14(23)24/h1-8H,9H2,(H,23,24). The van der Waals surface area contributed by atoms with E-state index in [2.05, 4.69) is 14.9 Å². The summed E-state index contributed by atoms with van der Waals surface area (Å²) in [6.07, 6.45) is -4.85. The zero-order valence-corrected chi connectivity index (χ0v) is 13.0. The van der Waals surface area contributed by atoms with Gasteiger partial charge >= 0.3 is 12.3 Å². The van der Waals surface area contributed by atoms with E-state index in [1.807, 2.05) is 0 Å². The lowest BCUT2D eigenvalue weighted by Crippen LogP contribution is -2.16. The lowest BCUT2D eigenvalue weighted by molar-refractivity contribution is -0.274. The number of carbonyl (C=O) groups is 1. The van der Waals surface area contributed by atoms with Crippen LogP contribution in [0, 0.1) is 0 Å². The fourth-order valence-electron chi connectivity index (χ4n) is 2.20. The summed E-state index contributed by atoms with van der Waals surface area (Å²) in [5.41, 5.74) is 1.68. The zero-order valence-electron chi connectivity index (χ0n) is 13.0. The first-order valence-electron chi connectivity index (χ1n) is 7.31. The van der Waals surface area contributed by atoms with E-state index >= 15 is 0 Å². The first-order chi connectivity index (χ1) is 12.3. The Bertz CT molecular complexity index is 903. The van der Waals surface area contributed by atoms with Crippen LogP contribution in [0.1, 0.15) is 5.56 Å². The molecule has 2 aromatic carbocycles. The summed E-state index contributed by atoms with van der Waals surface area (Å²) < 4.78 is 45.4. The third kappa shape index (κ3) is 4.38. The fraction of sp³-hybridized carbons (Fsp3) is 0.118. The number of hydrogen-bond acceptors (Lipinski definition) is 5. The molecule has 3 rings (SSSR count). The summed E-state index contributed by atoms with van der Waals surface area (Å²) in [5, 5.41) is 12.6. The van der Waals surface area contributed by atoms with Gasteiger partial charge in [0, 0.05) is 11.1 Å². The normalized spacial score (nSPS) is 11.3. The van der Waals surface area contributed by atoms with Crippen LogP contribution in [-0.4, -0.2) is 27.6 Å². The van der Waals surface area contributed by atoms with E-state index in [0.29, 0.717) is 16.7 Å². The van der Waals surface area contributed by atoms with Crippen molar-refractivity contribution >= 4 is 5.97 Å². The van der Waals surface area contributed by atoms with E-state index in [0.717, 1.165) is 12.1 Å². The van der Waals surface area contributed by atoms with Crippen LogP contribution in [0.4, 0.5) is 13.2 Å². The second-order valence-corrected chi connectivity index (χ2v) is 5.26. The van der Waals surface area contributed by atoms with Crippen LogP contribution in [0.5, 0.6) is 5.75 Å². The smallest absolute Gasteiger partial charge is 0.481 e. The van der Waals surface area contributed by atoms with Crippen LogP contribution < -0.4 is 4.74 Å². The van der Waals surface area contributed by atoms with Crippen LogP contribution in [-0.2, 0) is 11.2 Å². The number of nitrogens with zero attached hydrogens (tertiary/aromatic N) is 2. The quantitative estimate of drug-likeness (QED) is 0.738. The largest absolute Gasteiger partial charge is 0.573 e. The van der Waals surface area contributed by atoms with Gasteiger partial charge in [0.1, 0.15) is 5.75 Å². The molecular formula is C17H11F3N2O4. The molecule has 0 saturated carbocycles. The molecule has 0 amide bonds. The van der Waals surface area contributed by atoms with Gasteiger partial charge in [0.05, 0.1) is 6.42 Å². The highest BCUT2D eigenvalue weighted by molar-refractivity contribution is 5.70. The summed E-state index contributed by atoms with van der Waals surface area (Å²) in [6.45, 7) is 0. The van der Waals surface area contributed by atoms with Gasteiger partial charge in [0.15, 0.2) is 0 Å². The van der Waals surface area contributed by atoms with Gasteiger partial charge in [0.25, 0.3) is 5.89 Å². The van der Waals surface area contributed by atoms with Gasteiger partial charge in [0.2, 0.25) is 5.82 Å². The number of ether oxygens (including phenoxy) is 1. The van der Waals surface area contributed by atoms with E-state index in [4.69, 9.17) is 9.63 Å². The summed E-state index contributed by atoms with van der Waals surface area (Å²) in [4.78, 5) is 14.9. The maximum atomic E-state index is 12.2. The summed E-state index contributed by atoms with van der Waals surface area (Å²) in [5.74, 6) is -0.877. The molecule has 26 heavy (non-hydrogen) atoms. The number of rotatable bonds is 5. The number of aliphatic carboxylic acids is 1. The van der Waals surface area contributed by atoms with E-state index in [9.17, 15) is 18.0 Å². The molecule has 6 nitrogen and oxygen atoms in total. The van der Waals surface area contributed by atoms with Crippen LogP contribution in [0.3, 0.4) is 0 Å². The molecule has 9 heteroatoms. The number of aromatic nitrogens is 2. The molecule has 1 heterocycles. The lowest BCUT2D eigenvalue weighted by atomic mass is 10.1. The number of carboxylic acids is 1. The third-order valence-corrected chi connectivity index (χ3v) is 3.33. The van der Waals surface area contributed by atoms with Crippen molar-refractivity contribution < 1.29 is 32.3 Å². The summed E-state index contributed by atoms with van der Waals surface area (Å²) >= 11 is 0. The van der Waals surface area contributed by atoms with Gasteiger partial charge in [-0.2, -0.15) is 4.98 Å². The highest BCUT2D eigenvalue weighted by Crippen LogP contribution is 2.27. The molecule has 0 bridgehead atoms. The molecule has 0 radical (unpaired) electrons. The maximum Gasteiger partial charge on any atom is 0.573 e. The van der Waals surface area contributed by atoms with Crippen molar-refractivity contribution in [2.45, 2.75) is 12.8 Å². The first-order valence-corrected chi connectivity index (χ1v) is 7.31. The number of halogens is 3. The molecule has 3 aromatic rings. The molecule has 0 spiro atoms. The highest BCUT2D eigenvalue weighted by Gasteiger charge is 2.31. The molecule has 0 atom stereocenters. The Morgan fingerprint density at radius 3 is 2.23 bits per heavy atom. The molecule has 0 saturated heterocycles. The molecular weight excluding hydrogens is 353 g/mol. The zero-order chi connectivity index (χ0) is 18.7. The lowest BCUT2D eigenvalue weighted by Gasteiger charge is -2.08. The molecule has 0 fully saturated rings. The van der Waals surface area contributed by atoms with E-state index in [1.165, 1.54) is 12.1 Å². The van der Waals surface area contributed by atoms with Crippen molar-refractivity contribution in [1.82, 2.24) is 10.1 Å². The number of hydrogen-bond donors (Lipinski definition) is 1. The Kier molecular flexibility index (Phi) is 4.61. The van der Waals surface area contributed by atoms with Gasteiger partial charge in [-0.15, -0.1) is 13.2 Å². The average molecular weight is 364 g/mol. The summed E-state index contributed by atoms with van der Waals surface area (Å²) in [6, 6.07) is 11.6. The molecule has 0 aliphatic rings. The minimum absolute atomic E-state index is 0.0931. The van der Waals surface area contributed by atoms with Crippen LogP contribution >= 0.6 is 0 Å². The van der Waals surface area contributed by atoms with Crippen molar-refractivity contribution in [3.63, 3.8) is 0 Å². The van der Waals surface area contributed by atoms with Crippen molar-refractivity contribution in [2.75, 3.05) is 0 Å². The molecule has 134 valence electrons. The Morgan fingerprint density at radius 2 is 1.65 bits per heavy atom. The van der Waals surface area contributed by atoms with Crippen molar-refractivity contribution in [2.24, 2.45) is 0 Å². The average Bonchev–Trinajstić information content (AvgIpc) is 3.04. The van der Waals surface area contributed by atoms with E-state index in [-0.39, 0.29) is 23.9 Å². The Balaban J connectivity index is 1.76. The second-order valence-electron chi connectivity index (χ2n) is 5.26. The number of carboxylic acid groups (broad SMARTS) is 1. The number of alkyl halides is 3. The minimum atomic E-state index is -4.76. The van der Waals surface area contributed by atoms with Gasteiger partial charge < -0.3 is 14.4 Å². The molecule has 0 aliphatic heterocycles. The molecule has 1 aromatic heterocycles. The van der Waals surface area contributed by atoms with E-state index < -0.39 is 12.3 Å². The first kappa shape index (κ1) is 17.5. The Morgan fingerprint density at radius 1 is 1.04 bits per heavy atom. The van der Waals surface area contributed by atoms with Crippen molar-refractivity contribution in [3.05, 3.63) is 54.1 Å². The summed E-state index contributed by atoms with van der Waals surface area (Å²) in [7, 11) is 0.